The number of aliphatic hydroxyl groups is 1. The monoisotopic (exact) mass is 277 g/mol. The third kappa shape index (κ3) is 3.48. The van der Waals surface area contributed by atoms with Crippen LogP contribution in [-0.2, 0) is 6.42 Å². The summed E-state index contributed by atoms with van der Waals surface area (Å²) < 4.78 is 0. The number of carbonyl (C=O) groups excluding carboxylic acids is 1. The zero-order valence-electron chi connectivity index (χ0n) is 12.2. The normalized spacial score (nSPS) is 16.2. The van der Waals surface area contributed by atoms with Gasteiger partial charge in [0, 0.05) is 31.4 Å². The number of hydrogen-bond acceptors (Lipinski definition) is 4. The molecule has 20 heavy (non-hydrogen) atoms. The number of likely N-dealkylation sites (tertiary alicyclic amines) is 1. The van der Waals surface area contributed by atoms with Crippen molar-refractivity contribution < 1.29 is 9.90 Å². The van der Waals surface area contributed by atoms with Gasteiger partial charge in [-0.15, -0.1) is 0 Å². The van der Waals surface area contributed by atoms with Crippen LogP contribution in [-0.4, -0.2) is 47.1 Å². The van der Waals surface area contributed by atoms with Crippen molar-refractivity contribution in [3.05, 3.63) is 23.4 Å². The summed E-state index contributed by atoms with van der Waals surface area (Å²) in [5.41, 5.74) is 1.63. The highest BCUT2D eigenvalue weighted by Gasteiger charge is 2.23. The van der Waals surface area contributed by atoms with Crippen molar-refractivity contribution >= 4 is 11.7 Å². The summed E-state index contributed by atoms with van der Waals surface area (Å²) in [6.07, 6.45) is 2.94. The van der Waals surface area contributed by atoms with Crippen LogP contribution in [0.4, 0.5) is 5.82 Å². The number of carbonyl (C=O) groups is 1. The van der Waals surface area contributed by atoms with Crippen LogP contribution in [0.25, 0.3) is 0 Å². The molecule has 110 valence electrons. The summed E-state index contributed by atoms with van der Waals surface area (Å²) >= 11 is 0. The summed E-state index contributed by atoms with van der Waals surface area (Å²) in [6, 6.07) is 3.68. The molecule has 5 heteroatoms. The smallest absolute Gasteiger partial charge is 0.254 e. The topological polar surface area (TPSA) is 65.5 Å². The van der Waals surface area contributed by atoms with Gasteiger partial charge in [0.2, 0.25) is 0 Å². The molecule has 1 saturated heterocycles. The minimum absolute atomic E-state index is 0.0353. The molecule has 0 unspecified atom stereocenters. The van der Waals surface area contributed by atoms with Crippen LogP contribution in [0, 0.1) is 0 Å². The second kappa shape index (κ2) is 6.70. The molecule has 1 aliphatic rings. The summed E-state index contributed by atoms with van der Waals surface area (Å²) in [4.78, 5) is 18.8. The Morgan fingerprint density at radius 2 is 2.15 bits per heavy atom. The number of pyridine rings is 1. The van der Waals surface area contributed by atoms with Gasteiger partial charge in [-0.25, -0.2) is 4.98 Å². The summed E-state index contributed by atoms with van der Waals surface area (Å²) in [5.74, 6) is 0.768. The number of aryl methyl sites for hydroxylation is 1. The average molecular weight is 277 g/mol. The number of rotatable bonds is 4. The Bertz CT molecular complexity index is 468. The Balaban J connectivity index is 2.17. The average Bonchev–Trinajstić information content (AvgIpc) is 2.47. The van der Waals surface area contributed by atoms with Crippen molar-refractivity contribution in [2.75, 3.05) is 25.5 Å². The fraction of sp³-hybridized carbons (Fsp3) is 0.600. The van der Waals surface area contributed by atoms with Crippen molar-refractivity contribution in [3.8, 4) is 0 Å². The van der Waals surface area contributed by atoms with Gasteiger partial charge in [0.15, 0.2) is 0 Å². The molecule has 1 amide bonds. The second-order valence-electron chi connectivity index (χ2n) is 5.26. The zero-order chi connectivity index (χ0) is 14.5. The third-order valence-electron chi connectivity index (χ3n) is 3.64. The van der Waals surface area contributed by atoms with Gasteiger partial charge in [0.1, 0.15) is 5.82 Å². The van der Waals surface area contributed by atoms with Crippen LogP contribution >= 0.6 is 0 Å². The van der Waals surface area contributed by atoms with Crippen LogP contribution in [0.2, 0.25) is 0 Å². The number of piperidine rings is 1. The SMILES string of the molecule is CCCc1cc(C(=O)N2CCC(O)CC2)cc(NC)n1. The van der Waals surface area contributed by atoms with Crippen molar-refractivity contribution in [2.24, 2.45) is 0 Å². The van der Waals surface area contributed by atoms with E-state index in [9.17, 15) is 9.90 Å². The number of hydrogen-bond donors (Lipinski definition) is 2. The Kier molecular flexibility index (Phi) is 4.95. The van der Waals surface area contributed by atoms with Crippen LogP contribution in [0.15, 0.2) is 12.1 Å². The molecule has 2 heterocycles. The van der Waals surface area contributed by atoms with E-state index in [1.165, 1.54) is 0 Å². The molecule has 0 radical (unpaired) electrons. The predicted molar refractivity (Wildman–Crippen MR) is 78.9 cm³/mol. The number of anilines is 1. The molecule has 0 bridgehead atoms. The van der Waals surface area contributed by atoms with E-state index >= 15 is 0 Å². The van der Waals surface area contributed by atoms with Gasteiger partial charge in [-0.2, -0.15) is 0 Å². The Morgan fingerprint density at radius 3 is 2.75 bits per heavy atom. The largest absolute Gasteiger partial charge is 0.393 e. The van der Waals surface area contributed by atoms with Crippen LogP contribution in [0.1, 0.15) is 42.2 Å². The lowest BCUT2D eigenvalue weighted by Crippen LogP contribution is -2.40. The van der Waals surface area contributed by atoms with Crippen molar-refractivity contribution in [3.63, 3.8) is 0 Å². The van der Waals surface area contributed by atoms with Crippen molar-refractivity contribution in [1.82, 2.24) is 9.88 Å². The quantitative estimate of drug-likeness (QED) is 0.878. The molecule has 1 aliphatic heterocycles. The molecule has 5 nitrogen and oxygen atoms in total. The molecule has 0 spiro atoms. The number of nitrogens with one attached hydrogen (secondary N) is 1. The zero-order valence-corrected chi connectivity index (χ0v) is 12.2. The molecule has 1 aromatic heterocycles. The Labute approximate surface area is 120 Å². The van der Waals surface area contributed by atoms with Gasteiger partial charge in [-0.05, 0) is 31.4 Å². The molecular formula is C15H23N3O2. The van der Waals surface area contributed by atoms with E-state index in [1.54, 1.807) is 6.07 Å². The maximum absolute atomic E-state index is 12.5. The number of aliphatic hydroxyl groups excluding tert-OH is 1. The molecule has 1 aromatic rings. The van der Waals surface area contributed by atoms with Crippen molar-refractivity contribution in [1.29, 1.82) is 0 Å². The summed E-state index contributed by atoms with van der Waals surface area (Å²) in [6.45, 7) is 3.35. The number of nitrogens with zero attached hydrogens (tertiary/aromatic N) is 2. The minimum atomic E-state index is -0.264. The lowest BCUT2D eigenvalue weighted by Gasteiger charge is -2.29. The first-order chi connectivity index (χ1) is 9.63. The first-order valence-electron chi connectivity index (χ1n) is 7.30. The predicted octanol–water partition coefficient (Wildman–Crippen LogP) is 1.67. The summed E-state index contributed by atoms with van der Waals surface area (Å²) in [7, 11) is 1.81. The van der Waals surface area contributed by atoms with Gasteiger partial charge in [-0.3, -0.25) is 4.79 Å². The van der Waals surface area contributed by atoms with Crippen LogP contribution < -0.4 is 5.32 Å². The highest BCUT2D eigenvalue weighted by atomic mass is 16.3. The maximum atomic E-state index is 12.5. The highest BCUT2D eigenvalue weighted by molar-refractivity contribution is 5.95. The number of amides is 1. The van der Waals surface area contributed by atoms with Crippen LogP contribution in [0.3, 0.4) is 0 Å². The first-order valence-corrected chi connectivity index (χ1v) is 7.30. The van der Waals surface area contributed by atoms with E-state index in [2.05, 4.69) is 17.2 Å². The molecule has 0 saturated carbocycles. The van der Waals surface area contributed by atoms with E-state index in [-0.39, 0.29) is 12.0 Å². The Morgan fingerprint density at radius 1 is 1.45 bits per heavy atom. The van der Waals surface area contributed by atoms with Gasteiger partial charge in [0.05, 0.1) is 6.10 Å². The van der Waals surface area contributed by atoms with Gasteiger partial charge < -0.3 is 15.3 Å². The molecule has 0 aromatic carbocycles. The third-order valence-corrected chi connectivity index (χ3v) is 3.64. The van der Waals surface area contributed by atoms with E-state index in [4.69, 9.17) is 0 Å². The Hall–Kier alpha value is -1.62. The molecule has 2 N–H and O–H groups in total. The molecule has 0 aliphatic carbocycles. The van der Waals surface area contributed by atoms with E-state index in [1.807, 2.05) is 18.0 Å². The molecule has 1 fully saturated rings. The van der Waals surface area contributed by atoms with Gasteiger partial charge >= 0.3 is 0 Å². The standard InChI is InChI=1S/C15H23N3O2/c1-3-4-12-9-11(10-14(16-2)17-12)15(20)18-7-5-13(19)6-8-18/h9-10,13,19H,3-8H2,1-2H3,(H,16,17). The number of aromatic nitrogens is 1. The van der Waals surface area contributed by atoms with E-state index < -0.39 is 0 Å². The molecule has 2 rings (SSSR count). The fourth-order valence-electron chi connectivity index (χ4n) is 2.48. The van der Waals surface area contributed by atoms with Crippen molar-refractivity contribution in [2.45, 2.75) is 38.7 Å². The maximum Gasteiger partial charge on any atom is 0.254 e. The lowest BCUT2D eigenvalue weighted by molar-refractivity contribution is 0.0546. The van der Waals surface area contributed by atoms with E-state index in [0.717, 1.165) is 24.4 Å². The van der Waals surface area contributed by atoms with Gasteiger partial charge in [0.25, 0.3) is 5.91 Å². The second-order valence-corrected chi connectivity index (χ2v) is 5.26. The first kappa shape index (κ1) is 14.8. The minimum Gasteiger partial charge on any atom is -0.393 e. The van der Waals surface area contributed by atoms with E-state index in [0.29, 0.717) is 31.5 Å². The lowest BCUT2D eigenvalue weighted by atomic mass is 10.1. The highest BCUT2D eigenvalue weighted by Crippen LogP contribution is 2.17. The molecule has 0 atom stereocenters. The van der Waals surface area contributed by atoms with Gasteiger partial charge in [-0.1, -0.05) is 13.3 Å². The molecular weight excluding hydrogens is 254 g/mol. The summed E-state index contributed by atoms with van der Waals surface area (Å²) in [5, 5.41) is 12.5. The fourth-order valence-corrected chi connectivity index (χ4v) is 2.48. The van der Waals surface area contributed by atoms with Crippen LogP contribution in [0.5, 0.6) is 0 Å².